The van der Waals surface area contributed by atoms with Gasteiger partial charge in [-0.3, -0.25) is 9.89 Å². The molecule has 5 nitrogen and oxygen atoms in total. The van der Waals surface area contributed by atoms with Crippen LogP contribution >= 0.6 is 0 Å². The van der Waals surface area contributed by atoms with Gasteiger partial charge in [0.2, 0.25) is 0 Å². The van der Waals surface area contributed by atoms with Crippen molar-refractivity contribution in [3.63, 3.8) is 0 Å². The van der Waals surface area contributed by atoms with Crippen molar-refractivity contribution in [2.24, 2.45) is 0 Å². The van der Waals surface area contributed by atoms with Crippen molar-refractivity contribution in [3.05, 3.63) is 89.4 Å². The number of carbonyl (C=O) groups excluding carboxylic acids is 1. The van der Waals surface area contributed by atoms with Crippen LogP contribution in [-0.2, 0) is 0 Å². The number of nitrogens with one attached hydrogen (secondary N) is 2. The first-order valence-corrected chi connectivity index (χ1v) is 9.26. The lowest BCUT2D eigenvalue weighted by Crippen LogP contribution is -2.31. The van der Waals surface area contributed by atoms with Crippen LogP contribution in [0.3, 0.4) is 0 Å². The first kappa shape index (κ1) is 18.8. The molecule has 0 aliphatic rings. The summed E-state index contributed by atoms with van der Waals surface area (Å²) in [5.74, 6) is -1.19. The maximum Gasteiger partial charge on any atom is 0.254 e. The normalized spacial score (nSPS) is 12.1. The molecule has 1 atom stereocenters. The van der Waals surface area contributed by atoms with E-state index in [4.69, 9.17) is 0 Å². The van der Waals surface area contributed by atoms with Gasteiger partial charge in [-0.25, -0.2) is 4.39 Å². The Balaban J connectivity index is 1.63. The summed E-state index contributed by atoms with van der Waals surface area (Å²) in [6.45, 7) is 1.65. The third-order valence-electron chi connectivity index (χ3n) is 4.92. The number of carbonyl (C=O) groups is 1. The number of amides is 1. The van der Waals surface area contributed by atoms with Gasteiger partial charge in [0.25, 0.3) is 5.91 Å². The zero-order chi connectivity index (χ0) is 20.4. The lowest BCUT2D eigenvalue weighted by molar-refractivity contribution is 0.0912. The van der Waals surface area contributed by atoms with Crippen molar-refractivity contribution >= 4 is 16.8 Å². The molecule has 6 heteroatoms. The minimum absolute atomic E-state index is 0.0686. The summed E-state index contributed by atoms with van der Waals surface area (Å²) in [5, 5.41) is 20.3. The molecule has 29 heavy (non-hydrogen) atoms. The van der Waals surface area contributed by atoms with Crippen molar-refractivity contribution in [3.8, 4) is 11.1 Å². The molecule has 0 fully saturated rings. The number of aliphatic hydroxyl groups excluding tert-OH is 1. The van der Waals surface area contributed by atoms with E-state index < -0.39 is 17.8 Å². The fraction of sp³-hybridized carbons (Fsp3) is 0.130. The molecule has 4 aromatic rings. The van der Waals surface area contributed by atoms with Gasteiger partial charge in [-0.2, -0.15) is 5.10 Å². The first-order valence-electron chi connectivity index (χ1n) is 9.26. The van der Waals surface area contributed by atoms with E-state index in [9.17, 15) is 14.3 Å². The number of halogens is 1. The van der Waals surface area contributed by atoms with E-state index in [0.29, 0.717) is 0 Å². The van der Waals surface area contributed by atoms with Crippen LogP contribution < -0.4 is 5.32 Å². The van der Waals surface area contributed by atoms with E-state index in [2.05, 4.69) is 15.5 Å². The molecule has 0 saturated carbocycles. The van der Waals surface area contributed by atoms with Crippen molar-refractivity contribution < 1.29 is 14.3 Å². The number of H-pyrrole nitrogens is 1. The van der Waals surface area contributed by atoms with Gasteiger partial charge in [-0.05, 0) is 47.9 Å². The van der Waals surface area contributed by atoms with E-state index >= 15 is 0 Å². The van der Waals surface area contributed by atoms with Gasteiger partial charge in [0.15, 0.2) is 0 Å². The molecule has 146 valence electrons. The number of hydrogen-bond acceptors (Lipinski definition) is 3. The van der Waals surface area contributed by atoms with Gasteiger partial charge in [0.1, 0.15) is 5.82 Å². The molecule has 0 spiro atoms. The lowest BCUT2D eigenvalue weighted by Gasteiger charge is -2.18. The molecule has 4 rings (SSSR count). The Bertz CT molecular complexity index is 1190. The Labute approximate surface area is 167 Å². The minimum atomic E-state index is -0.618. The van der Waals surface area contributed by atoms with Gasteiger partial charge in [-0.1, -0.05) is 42.0 Å². The first-order chi connectivity index (χ1) is 14.0. The monoisotopic (exact) mass is 389 g/mol. The highest BCUT2D eigenvalue weighted by molar-refractivity contribution is 5.96. The average molecular weight is 389 g/mol. The maximum atomic E-state index is 14.4. The zero-order valence-electron chi connectivity index (χ0n) is 15.8. The van der Waals surface area contributed by atoms with E-state index in [0.717, 1.165) is 33.2 Å². The number of aromatic amines is 1. The molecule has 3 N–H and O–H groups in total. The van der Waals surface area contributed by atoms with Gasteiger partial charge in [-0.15, -0.1) is 0 Å². The number of fused-ring (bicyclic) bond motifs is 1. The number of aliphatic hydroxyl groups is 1. The second-order valence-electron chi connectivity index (χ2n) is 6.99. The van der Waals surface area contributed by atoms with Crippen LogP contribution in [0.15, 0.2) is 66.9 Å². The smallest absolute Gasteiger partial charge is 0.254 e. The van der Waals surface area contributed by atoms with Crippen molar-refractivity contribution in [1.29, 1.82) is 0 Å². The molecule has 1 heterocycles. The fourth-order valence-corrected chi connectivity index (χ4v) is 3.36. The Morgan fingerprint density at radius 1 is 1.14 bits per heavy atom. The number of aryl methyl sites for hydroxylation is 1. The number of rotatable bonds is 5. The summed E-state index contributed by atoms with van der Waals surface area (Å²) in [5.41, 5.74) is 4.18. The number of hydrogen-bond donors (Lipinski definition) is 3. The second kappa shape index (κ2) is 7.85. The van der Waals surface area contributed by atoms with Crippen LogP contribution in [0.2, 0.25) is 0 Å². The molecular formula is C23H20FN3O2. The Kier molecular flexibility index (Phi) is 5.10. The van der Waals surface area contributed by atoms with Crippen LogP contribution in [0.1, 0.15) is 27.5 Å². The summed E-state index contributed by atoms with van der Waals surface area (Å²) in [6.07, 6.45) is 1.71. The second-order valence-corrected chi connectivity index (χ2v) is 6.99. The molecule has 0 radical (unpaired) electrons. The average Bonchev–Trinajstić information content (AvgIpc) is 3.20. The van der Waals surface area contributed by atoms with Crippen LogP contribution in [0.4, 0.5) is 4.39 Å². The molecular weight excluding hydrogens is 369 g/mol. The van der Waals surface area contributed by atoms with E-state index in [-0.39, 0.29) is 12.2 Å². The number of aromatic nitrogens is 2. The highest BCUT2D eigenvalue weighted by Crippen LogP contribution is 2.26. The van der Waals surface area contributed by atoms with Gasteiger partial charge < -0.3 is 10.4 Å². The molecule has 0 aliphatic carbocycles. The fourth-order valence-electron chi connectivity index (χ4n) is 3.36. The number of benzene rings is 3. The Morgan fingerprint density at radius 2 is 1.93 bits per heavy atom. The minimum Gasteiger partial charge on any atom is -0.394 e. The maximum absolute atomic E-state index is 14.4. The molecule has 0 aliphatic heterocycles. The predicted octanol–water partition coefficient (Wildman–Crippen LogP) is 4.14. The number of nitrogens with zero attached hydrogens (tertiary/aromatic N) is 1. The van der Waals surface area contributed by atoms with Crippen LogP contribution in [-0.4, -0.2) is 27.8 Å². The molecule has 3 aromatic carbocycles. The summed E-state index contributed by atoms with van der Waals surface area (Å²) in [6, 6.07) is 17.0. The SMILES string of the molecule is Cc1cccc(C(CO)NC(=O)c2cc(-c3ccc4[nH]ncc4c3)ccc2F)c1. The van der Waals surface area contributed by atoms with Gasteiger partial charge in [0.05, 0.1) is 29.9 Å². The molecule has 0 saturated heterocycles. The molecule has 1 aromatic heterocycles. The predicted molar refractivity (Wildman–Crippen MR) is 110 cm³/mol. The van der Waals surface area contributed by atoms with Gasteiger partial charge in [0, 0.05) is 5.39 Å². The Hall–Kier alpha value is -3.51. The standard InChI is InChI=1S/C23H20FN3O2/c1-14-3-2-4-17(9-14)22(13-28)26-23(29)19-11-16(5-7-20(19)24)15-6-8-21-18(10-15)12-25-27-21/h2-12,22,28H,13H2,1H3,(H,25,27)(H,26,29). The highest BCUT2D eigenvalue weighted by atomic mass is 19.1. The molecule has 1 unspecified atom stereocenters. The van der Waals surface area contributed by atoms with Gasteiger partial charge >= 0.3 is 0 Å². The lowest BCUT2D eigenvalue weighted by atomic mass is 10.0. The van der Waals surface area contributed by atoms with Crippen molar-refractivity contribution in [2.45, 2.75) is 13.0 Å². The highest BCUT2D eigenvalue weighted by Gasteiger charge is 2.19. The van der Waals surface area contributed by atoms with Crippen molar-refractivity contribution in [1.82, 2.24) is 15.5 Å². The van der Waals surface area contributed by atoms with Crippen LogP contribution in [0.25, 0.3) is 22.0 Å². The van der Waals surface area contributed by atoms with E-state index in [1.54, 1.807) is 12.3 Å². The summed E-state index contributed by atoms with van der Waals surface area (Å²) in [7, 11) is 0. The largest absolute Gasteiger partial charge is 0.394 e. The quantitative estimate of drug-likeness (QED) is 0.480. The third kappa shape index (κ3) is 3.88. The summed E-state index contributed by atoms with van der Waals surface area (Å²) in [4.78, 5) is 12.8. The van der Waals surface area contributed by atoms with E-state index in [1.807, 2.05) is 49.4 Å². The van der Waals surface area contributed by atoms with Crippen LogP contribution in [0, 0.1) is 12.7 Å². The Morgan fingerprint density at radius 3 is 2.72 bits per heavy atom. The van der Waals surface area contributed by atoms with Crippen LogP contribution in [0.5, 0.6) is 0 Å². The molecule has 1 amide bonds. The topological polar surface area (TPSA) is 78.0 Å². The molecule has 0 bridgehead atoms. The van der Waals surface area contributed by atoms with Crippen molar-refractivity contribution in [2.75, 3.05) is 6.61 Å². The third-order valence-corrected chi connectivity index (χ3v) is 4.92. The zero-order valence-corrected chi connectivity index (χ0v) is 15.8. The summed E-state index contributed by atoms with van der Waals surface area (Å²) >= 11 is 0. The summed E-state index contributed by atoms with van der Waals surface area (Å²) < 4.78 is 14.4. The van der Waals surface area contributed by atoms with E-state index in [1.165, 1.54) is 12.1 Å².